The summed E-state index contributed by atoms with van der Waals surface area (Å²) in [5.41, 5.74) is -0.179. The Labute approximate surface area is 74.7 Å². The van der Waals surface area contributed by atoms with Crippen LogP contribution in [-0.4, -0.2) is 24.8 Å². The highest BCUT2D eigenvalue weighted by Gasteiger charge is 2.21. The van der Waals surface area contributed by atoms with Gasteiger partial charge in [0, 0.05) is 19.3 Å². The van der Waals surface area contributed by atoms with E-state index in [-0.39, 0.29) is 5.54 Å². The van der Waals surface area contributed by atoms with Gasteiger partial charge in [-0.25, -0.2) is 0 Å². The molecule has 1 saturated heterocycles. The maximum Gasteiger partial charge on any atom is 0.0743 e. The molecule has 0 unspecified atom stereocenters. The molecule has 0 atom stereocenters. The molecule has 0 aromatic rings. The Morgan fingerprint density at radius 3 is 2.50 bits per heavy atom. The lowest BCUT2D eigenvalue weighted by Crippen LogP contribution is -2.47. The van der Waals surface area contributed by atoms with Crippen molar-refractivity contribution >= 4 is 0 Å². The third kappa shape index (κ3) is 2.84. The maximum atomic E-state index is 5.38. The van der Waals surface area contributed by atoms with Crippen molar-refractivity contribution in [1.29, 1.82) is 0 Å². The Bertz CT molecular complexity index is 175. The van der Waals surface area contributed by atoms with E-state index in [1.165, 1.54) is 0 Å². The zero-order valence-electron chi connectivity index (χ0n) is 7.89. The molecule has 0 bridgehead atoms. The van der Waals surface area contributed by atoms with Crippen molar-refractivity contribution in [3.8, 4) is 12.3 Å². The topological polar surface area (TPSA) is 21.3 Å². The van der Waals surface area contributed by atoms with Gasteiger partial charge in [-0.1, -0.05) is 5.92 Å². The highest BCUT2D eigenvalue weighted by Crippen LogP contribution is 2.10. The summed E-state index contributed by atoms with van der Waals surface area (Å²) in [5, 5.41) is 3.43. The Balaban J connectivity index is 2.35. The molecule has 2 nitrogen and oxygen atoms in total. The summed E-state index contributed by atoms with van der Waals surface area (Å²) in [6.07, 6.45) is 7.53. The first-order valence-corrected chi connectivity index (χ1v) is 4.47. The average Bonchev–Trinajstić information content (AvgIpc) is 2.06. The number of hydrogen-bond donors (Lipinski definition) is 1. The Kier molecular flexibility index (Phi) is 3.13. The number of ether oxygens (including phenoxy) is 1. The standard InChI is InChI=1S/C10H17NO/c1-4-10(2,3)11-9-5-7-12-8-6-9/h1,9,11H,5-8H2,2-3H3. The fraction of sp³-hybridized carbons (Fsp3) is 0.800. The molecule has 12 heavy (non-hydrogen) atoms. The molecule has 0 aromatic carbocycles. The SMILES string of the molecule is C#CC(C)(C)NC1CCOCC1. The summed E-state index contributed by atoms with van der Waals surface area (Å²) in [6.45, 7) is 5.78. The van der Waals surface area contributed by atoms with E-state index in [0.717, 1.165) is 26.1 Å². The monoisotopic (exact) mass is 167 g/mol. The Morgan fingerprint density at radius 2 is 2.00 bits per heavy atom. The first-order chi connectivity index (χ1) is 5.64. The van der Waals surface area contributed by atoms with Crippen molar-refractivity contribution in [1.82, 2.24) is 5.32 Å². The lowest BCUT2D eigenvalue weighted by molar-refractivity contribution is 0.0734. The molecule has 0 aromatic heterocycles. The molecule has 0 amide bonds. The van der Waals surface area contributed by atoms with Crippen LogP contribution in [0, 0.1) is 12.3 Å². The molecule has 0 spiro atoms. The molecular formula is C10H17NO. The molecule has 0 radical (unpaired) electrons. The van der Waals surface area contributed by atoms with Gasteiger partial charge in [-0.15, -0.1) is 6.42 Å². The highest BCUT2D eigenvalue weighted by molar-refractivity contribution is 5.08. The van der Waals surface area contributed by atoms with Crippen LogP contribution < -0.4 is 5.32 Å². The quantitative estimate of drug-likeness (QED) is 0.623. The van der Waals surface area contributed by atoms with Crippen molar-refractivity contribution in [3.63, 3.8) is 0 Å². The number of nitrogens with one attached hydrogen (secondary N) is 1. The van der Waals surface area contributed by atoms with Crippen molar-refractivity contribution in [2.24, 2.45) is 0 Å². The lowest BCUT2D eigenvalue weighted by Gasteiger charge is -2.30. The second-order valence-corrected chi connectivity index (χ2v) is 3.80. The third-order valence-corrected chi connectivity index (χ3v) is 2.15. The number of hydrogen-bond acceptors (Lipinski definition) is 2. The van der Waals surface area contributed by atoms with E-state index in [1.807, 2.05) is 13.8 Å². The maximum absolute atomic E-state index is 5.38. The zero-order chi connectivity index (χ0) is 9.03. The predicted molar refractivity (Wildman–Crippen MR) is 49.9 cm³/mol. The van der Waals surface area contributed by atoms with Gasteiger partial charge < -0.3 is 4.74 Å². The van der Waals surface area contributed by atoms with Crippen molar-refractivity contribution in [2.75, 3.05) is 13.2 Å². The fourth-order valence-electron chi connectivity index (χ4n) is 1.39. The minimum atomic E-state index is -0.179. The van der Waals surface area contributed by atoms with E-state index in [4.69, 9.17) is 11.2 Å². The van der Waals surface area contributed by atoms with Gasteiger partial charge in [0.25, 0.3) is 0 Å². The van der Waals surface area contributed by atoms with Crippen LogP contribution in [0.1, 0.15) is 26.7 Å². The van der Waals surface area contributed by atoms with Gasteiger partial charge in [-0.05, 0) is 26.7 Å². The van der Waals surface area contributed by atoms with Gasteiger partial charge >= 0.3 is 0 Å². The van der Waals surface area contributed by atoms with Gasteiger partial charge in [0.15, 0.2) is 0 Å². The molecule has 1 rings (SSSR count). The Hall–Kier alpha value is -0.520. The van der Waals surface area contributed by atoms with Crippen LogP contribution in [0.2, 0.25) is 0 Å². The van der Waals surface area contributed by atoms with Gasteiger partial charge in [0.1, 0.15) is 0 Å². The van der Waals surface area contributed by atoms with Crippen LogP contribution in [0.15, 0.2) is 0 Å². The first-order valence-electron chi connectivity index (χ1n) is 4.47. The van der Waals surface area contributed by atoms with Gasteiger partial charge in [-0.2, -0.15) is 0 Å². The minimum absolute atomic E-state index is 0.179. The fourth-order valence-corrected chi connectivity index (χ4v) is 1.39. The van der Waals surface area contributed by atoms with Crippen LogP contribution in [0.5, 0.6) is 0 Å². The van der Waals surface area contributed by atoms with E-state index < -0.39 is 0 Å². The van der Waals surface area contributed by atoms with E-state index in [2.05, 4.69) is 11.2 Å². The van der Waals surface area contributed by atoms with E-state index in [1.54, 1.807) is 0 Å². The number of terminal acetylenes is 1. The minimum Gasteiger partial charge on any atom is -0.381 e. The third-order valence-electron chi connectivity index (χ3n) is 2.15. The summed E-state index contributed by atoms with van der Waals surface area (Å²) in [5.74, 6) is 2.74. The average molecular weight is 167 g/mol. The molecule has 68 valence electrons. The van der Waals surface area contributed by atoms with Crippen molar-refractivity contribution in [2.45, 2.75) is 38.3 Å². The molecule has 0 saturated carbocycles. The number of rotatable bonds is 2. The summed E-state index contributed by atoms with van der Waals surface area (Å²) >= 11 is 0. The molecule has 1 heterocycles. The van der Waals surface area contributed by atoms with Crippen LogP contribution in [-0.2, 0) is 4.74 Å². The van der Waals surface area contributed by atoms with Crippen LogP contribution in [0.3, 0.4) is 0 Å². The van der Waals surface area contributed by atoms with Crippen LogP contribution in [0.25, 0.3) is 0 Å². The van der Waals surface area contributed by atoms with Gasteiger partial charge in [0.05, 0.1) is 5.54 Å². The summed E-state index contributed by atoms with van der Waals surface area (Å²) in [7, 11) is 0. The molecule has 1 fully saturated rings. The summed E-state index contributed by atoms with van der Waals surface area (Å²) in [4.78, 5) is 0. The molecular weight excluding hydrogens is 150 g/mol. The Morgan fingerprint density at radius 1 is 1.42 bits per heavy atom. The van der Waals surface area contributed by atoms with Crippen molar-refractivity contribution < 1.29 is 4.74 Å². The highest BCUT2D eigenvalue weighted by atomic mass is 16.5. The second-order valence-electron chi connectivity index (χ2n) is 3.80. The van der Waals surface area contributed by atoms with E-state index in [0.29, 0.717) is 6.04 Å². The first kappa shape index (κ1) is 9.57. The van der Waals surface area contributed by atoms with E-state index >= 15 is 0 Å². The van der Waals surface area contributed by atoms with Crippen molar-refractivity contribution in [3.05, 3.63) is 0 Å². The largest absolute Gasteiger partial charge is 0.381 e. The van der Waals surface area contributed by atoms with Crippen LogP contribution in [0.4, 0.5) is 0 Å². The molecule has 1 aliphatic rings. The zero-order valence-corrected chi connectivity index (χ0v) is 7.89. The van der Waals surface area contributed by atoms with Crippen LogP contribution >= 0.6 is 0 Å². The van der Waals surface area contributed by atoms with Gasteiger partial charge in [0.2, 0.25) is 0 Å². The normalized spacial score (nSPS) is 20.4. The summed E-state index contributed by atoms with van der Waals surface area (Å²) < 4.78 is 5.26. The lowest BCUT2D eigenvalue weighted by atomic mass is 10.0. The molecule has 1 N–H and O–H groups in total. The van der Waals surface area contributed by atoms with Gasteiger partial charge in [-0.3, -0.25) is 5.32 Å². The molecule has 1 aliphatic heterocycles. The van der Waals surface area contributed by atoms with E-state index in [9.17, 15) is 0 Å². The summed E-state index contributed by atoms with van der Waals surface area (Å²) in [6, 6.07) is 0.532. The molecule has 0 aliphatic carbocycles. The second kappa shape index (κ2) is 3.93. The predicted octanol–water partition coefficient (Wildman–Crippen LogP) is 1.17. The molecule has 2 heteroatoms. The smallest absolute Gasteiger partial charge is 0.0743 e.